The fraction of sp³-hybridized carbons (Fsp3) is 0.909. The first kappa shape index (κ1) is 20.0. The third-order valence-corrected chi connectivity index (χ3v) is 8.05. The standard InChI is InChI=1S/C22H37N3O3/c1-3-28-20(27)24-12-9-22(16-24)13-19(14-22)23-10-5-18(6-11-23)25(17-26)15-21(2)7-4-8-21/h17-19H,3-16H2,1-2H3. The molecule has 2 aliphatic heterocycles. The molecule has 0 aromatic carbocycles. The molecule has 6 heteroatoms. The molecule has 0 atom stereocenters. The van der Waals surface area contributed by atoms with Gasteiger partial charge in [0.05, 0.1) is 6.61 Å². The van der Waals surface area contributed by atoms with Crippen LogP contribution in [0.3, 0.4) is 0 Å². The average molecular weight is 392 g/mol. The maximum atomic E-state index is 12.0. The Labute approximate surface area is 169 Å². The summed E-state index contributed by atoms with van der Waals surface area (Å²) in [6.07, 6.45) is 10.6. The van der Waals surface area contributed by atoms with Gasteiger partial charge in [-0.25, -0.2) is 4.79 Å². The Kier molecular flexibility index (Phi) is 5.60. The first-order chi connectivity index (χ1) is 13.5. The van der Waals surface area contributed by atoms with E-state index in [1.54, 1.807) is 0 Å². The second kappa shape index (κ2) is 7.85. The summed E-state index contributed by atoms with van der Waals surface area (Å²) in [5.41, 5.74) is 0.702. The molecule has 0 radical (unpaired) electrons. The Balaban J connectivity index is 1.21. The molecule has 0 N–H and O–H groups in total. The lowest BCUT2D eigenvalue weighted by molar-refractivity contribution is -0.124. The zero-order valence-electron chi connectivity index (χ0n) is 17.7. The van der Waals surface area contributed by atoms with Gasteiger partial charge in [-0.1, -0.05) is 13.3 Å². The van der Waals surface area contributed by atoms with Crippen molar-refractivity contribution in [1.29, 1.82) is 0 Å². The van der Waals surface area contributed by atoms with E-state index in [4.69, 9.17) is 4.74 Å². The number of hydrogen-bond donors (Lipinski definition) is 0. The molecule has 6 nitrogen and oxygen atoms in total. The van der Waals surface area contributed by atoms with Crippen molar-refractivity contribution < 1.29 is 14.3 Å². The lowest BCUT2D eigenvalue weighted by Gasteiger charge is -2.52. The van der Waals surface area contributed by atoms with E-state index in [9.17, 15) is 9.59 Å². The van der Waals surface area contributed by atoms with E-state index in [-0.39, 0.29) is 6.09 Å². The van der Waals surface area contributed by atoms with Gasteiger partial charge in [0.25, 0.3) is 0 Å². The minimum atomic E-state index is -0.141. The van der Waals surface area contributed by atoms with Crippen LogP contribution in [0, 0.1) is 10.8 Å². The molecule has 0 aromatic heterocycles. The Morgan fingerprint density at radius 1 is 1.18 bits per heavy atom. The summed E-state index contributed by atoms with van der Waals surface area (Å²) in [6, 6.07) is 1.09. The highest BCUT2D eigenvalue weighted by Crippen LogP contribution is 2.50. The van der Waals surface area contributed by atoms with Crippen LogP contribution >= 0.6 is 0 Å². The molecule has 4 aliphatic rings. The van der Waals surface area contributed by atoms with Crippen molar-refractivity contribution in [1.82, 2.24) is 14.7 Å². The van der Waals surface area contributed by atoms with Crippen molar-refractivity contribution in [2.45, 2.75) is 77.3 Å². The maximum Gasteiger partial charge on any atom is 0.409 e. The van der Waals surface area contributed by atoms with Gasteiger partial charge in [0.2, 0.25) is 6.41 Å². The van der Waals surface area contributed by atoms with Crippen molar-refractivity contribution in [3.05, 3.63) is 0 Å². The summed E-state index contributed by atoms with van der Waals surface area (Å²) in [4.78, 5) is 30.3. The van der Waals surface area contributed by atoms with Crippen LogP contribution in [-0.4, -0.2) is 78.6 Å². The predicted molar refractivity (Wildman–Crippen MR) is 108 cm³/mol. The molecule has 28 heavy (non-hydrogen) atoms. The quantitative estimate of drug-likeness (QED) is 0.653. The highest BCUT2D eigenvalue weighted by molar-refractivity contribution is 5.68. The Morgan fingerprint density at radius 2 is 1.89 bits per heavy atom. The van der Waals surface area contributed by atoms with E-state index in [1.807, 2.05) is 11.8 Å². The molecule has 2 saturated carbocycles. The van der Waals surface area contributed by atoms with Crippen molar-refractivity contribution in [3.8, 4) is 0 Å². The van der Waals surface area contributed by atoms with Crippen molar-refractivity contribution in [2.75, 3.05) is 39.3 Å². The van der Waals surface area contributed by atoms with E-state index in [1.165, 1.54) is 32.1 Å². The first-order valence-electron chi connectivity index (χ1n) is 11.3. The number of likely N-dealkylation sites (tertiary alicyclic amines) is 2. The monoisotopic (exact) mass is 391 g/mol. The lowest BCUT2D eigenvalue weighted by Crippen LogP contribution is -2.56. The Hall–Kier alpha value is -1.30. The van der Waals surface area contributed by atoms with Crippen molar-refractivity contribution in [3.63, 3.8) is 0 Å². The number of carbonyl (C=O) groups excluding carboxylic acids is 2. The van der Waals surface area contributed by atoms with E-state index >= 15 is 0 Å². The van der Waals surface area contributed by atoms with Crippen LogP contribution in [0.1, 0.15) is 65.2 Å². The van der Waals surface area contributed by atoms with Gasteiger partial charge in [-0.3, -0.25) is 4.79 Å². The summed E-state index contributed by atoms with van der Waals surface area (Å²) in [6.45, 7) is 9.52. The average Bonchev–Trinajstić information content (AvgIpc) is 3.10. The van der Waals surface area contributed by atoms with Crippen LogP contribution < -0.4 is 0 Å². The number of amides is 2. The van der Waals surface area contributed by atoms with Gasteiger partial charge in [0.1, 0.15) is 0 Å². The molecule has 0 unspecified atom stereocenters. The van der Waals surface area contributed by atoms with Gasteiger partial charge >= 0.3 is 6.09 Å². The number of carbonyl (C=O) groups is 2. The molecule has 4 rings (SSSR count). The van der Waals surface area contributed by atoms with Gasteiger partial charge in [0.15, 0.2) is 0 Å². The normalized spacial score (nSPS) is 32.6. The third kappa shape index (κ3) is 3.89. The van der Waals surface area contributed by atoms with Gasteiger partial charge in [0, 0.05) is 44.8 Å². The molecule has 158 valence electrons. The predicted octanol–water partition coefficient (Wildman–Crippen LogP) is 3.11. The zero-order valence-corrected chi connectivity index (χ0v) is 17.7. The molecule has 2 amide bonds. The molecule has 4 fully saturated rings. The Bertz CT molecular complexity index is 578. The van der Waals surface area contributed by atoms with E-state index in [0.717, 1.165) is 58.4 Å². The van der Waals surface area contributed by atoms with E-state index in [2.05, 4.69) is 16.7 Å². The molecule has 2 aliphatic carbocycles. The molecular weight excluding hydrogens is 354 g/mol. The van der Waals surface area contributed by atoms with Gasteiger partial charge < -0.3 is 19.4 Å². The highest BCUT2D eigenvalue weighted by Gasteiger charge is 2.51. The van der Waals surface area contributed by atoms with Crippen LogP contribution in [-0.2, 0) is 9.53 Å². The van der Waals surface area contributed by atoms with Gasteiger partial charge in [-0.05, 0) is 62.7 Å². The van der Waals surface area contributed by atoms with Crippen LogP contribution in [0.4, 0.5) is 4.79 Å². The number of hydrogen-bond acceptors (Lipinski definition) is 4. The van der Waals surface area contributed by atoms with Crippen LogP contribution in [0.2, 0.25) is 0 Å². The van der Waals surface area contributed by atoms with Crippen molar-refractivity contribution in [2.24, 2.45) is 10.8 Å². The summed E-state index contributed by atoms with van der Waals surface area (Å²) in [7, 11) is 0. The van der Waals surface area contributed by atoms with E-state index < -0.39 is 0 Å². The SMILES string of the molecule is CCOC(=O)N1CCC2(CC(N3CCC(N(C=O)CC4(C)CCC4)CC3)C2)C1. The van der Waals surface area contributed by atoms with Gasteiger partial charge in [-0.15, -0.1) is 0 Å². The largest absolute Gasteiger partial charge is 0.450 e. The summed E-state index contributed by atoms with van der Waals surface area (Å²) < 4.78 is 5.17. The minimum absolute atomic E-state index is 0.141. The second-order valence-corrected chi connectivity index (χ2v) is 10.1. The topological polar surface area (TPSA) is 53.1 Å². The van der Waals surface area contributed by atoms with E-state index in [0.29, 0.717) is 29.5 Å². The molecule has 0 bridgehead atoms. The maximum absolute atomic E-state index is 12.0. The highest BCUT2D eigenvalue weighted by atomic mass is 16.6. The lowest BCUT2D eigenvalue weighted by atomic mass is 9.64. The van der Waals surface area contributed by atoms with Crippen molar-refractivity contribution >= 4 is 12.5 Å². The van der Waals surface area contributed by atoms with Crippen LogP contribution in [0.5, 0.6) is 0 Å². The molecule has 1 spiro atoms. The zero-order chi connectivity index (χ0) is 19.8. The summed E-state index contributed by atoms with van der Waals surface area (Å²) in [5.74, 6) is 0. The summed E-state index contributed by atoms with van der Waals surface area (Å²) in [5, 5.41) is 0. The van der Waals surface area contributed by atoms with Gasteiger partial charge in [-0.2, -0.15) is 0 Å². The molecular formula is C22H37N3O3. The molecule has 0 aromatic rings. The number of ether oxygens (including phenoxy) is 1. The van der Waals surface area contributed by atoms with Crippen LogP contribution in [0.25, 0.3) is 0 Å². The Morgan fingerprint density at radius 3 is 2.46 bits per heavy atom. The molecule has 2 heterocycles. The first-order valence-corrected chi connectivity index (χ1v) is 11.3. The molecule has 2 saturated heterocycles. The number of nitrogens with zero attached hydrogens (tertiary/aromatic N) is 3. The second-order valence-electron chi connectivity index (χ2n) is 10.1. The minimum Gasteiger partial charge on any atom is -0.450 e. The number of rotatable bonds is 6. The smallest absolute Gasteiger partial charge is 0.409 e. The van der Waals surface area contributed by atoms with Crippen LogP contribution in [0.15, 0.2) is 0 Å². The summed E-state index contributed by atoms with van der Waals surface area (Å²) >= 11 is 0. The fourth-order valence-electron chi connectivity index (χ4n) is 6.05. The fourth-order valence-corrected chi connectivity index (χ4v) is 6.05. The number of piperidine rings is 1. The third-order valence-electron chi connectivity index (χ3n) is 8.05.